The number of amides is 1. The zero-order valence-corrected chi connectivity index (χ0v) is 14.2. The maximum Gasteiger partial charge on any atom is 0.224 e. The molecule has 1 amide bonds. The third-order valence-electron chi connectivity index (χ3n) is 3.79. The van der Waals surface area contributed by atoms with Crippen LogP contribution in [0.15, 0.2) is 84.9 Å². The van der Waals surface area contributed by atoms with Gasteiger partial charge in [-0.3, -0.25) is 9.59 Å². The quantitative estimate of drug-likeness (QED) is 0.608. The van der Waals surface area contributed by atoms with Crippen molar-refractivity contribution < 1.29 is 14.3 Å². The second-order valence-electron chi connectivity index (χ2n) is 5.78. The van der Waals surface area contributed by atoms with Gasteiger partial charge in [0.1, 0.15) is 11.5 Å². The third kappa shape index (κ3) is 5.05. The Morgan fingerprint density at radius 2 is 1.27 bits per heavy atom. The lowest BCUT2D eigenvalue weighted by Gasteiger charge is -2.08. The molecule has 0 unspecified atom stereocenters. The molecule has 0 fully saturated rings. The highest BCUT2D eigenvalue weighted by Crippen LogP contribution is 2.22. The summed E-state index contributed by atoms with van der Waals surface area (Å²) in [7, 11) is 0. The van der Waals surface area contributed by atoms with E-state index >= 15 is 0 Å². The van der Waals surface area contributed by atoms with Gasteiger partial charge in [0.05, 0.1) is 0 Å². The Balaban J connectivity index is 1.49. The topological polar surface area (TPSA) is 55.4 Å². The number of hydrogen-bond acceptors (Lipinski definition) is 3. The van der Waals surface area contributed by atoms with Gasteiger partial charge in [-0.25, -0.2) is 0 Å². The van der Waals surface area contributed by atoms with Crippen molar-refractivity contribution >= 4 is 17.4 Å². The van der Waals surface area contributed by atoms with E-state index in [1.54, 1.807) is 36.4 Å². The van der Waals surface area contributed by atoms with Gasteiger partial charge in [0.25, 0.3) is 0 Å². The molecule has 1 N–H and O–H groups in total. The molecule has 0 aromatic heterocycles. The number of nitrogens with one attached hydrogen (secondary N) is 1. The van der Waals surface area contributed by atoms with Gasteiger partial charge in [0.15, 0.2) is 5.78 Å². The maximum atomic E-state index is 12.0. The molecule has 3 rings (SSSR count). The number of para-hydroxylation sites is 1. The molecular weight excluding hydrogens is 326 g/mol. The Hall–Kier alpha value is -3.40. The van der Waals surface area contributed by atoms with Crippen molar-refractivity contribution in [2.45, 2.75) is 12.8 Å². The van der Waals surface area contributed by atoms with Crippen molar-refractivity contribution in [1.29, 1.82) is 0 Å². The van der Waals surface area contributed by atoms with Crippen LogP contribution in [0.25, 0.3) is 0 Å². The molecular formula is C22H19NO3. The first-order valence-corrected chi connectivity index (χ1v) is 8.42. The highest BCUT2D eigenvalue weighted by atomic mass is 16.5. The van der Waals surface area contributed by atoms with Crippen molar-refractivity contribution in [3.8, 4) is 11.5 Å². The third-order valence-corrected chi connectivity index (χ3v) is 3.79. The van der Waals surface area contributed by atoms with Gasteiger partial charge < -0.3 is 10.1 Å². The fourth-order valence-corrected chi connectivity index (χ4v) is 2.45. The standard InChI is InChI=1S/C22H19NO3/c24-21(17-7-3-1-4-8-17)15-16-22(25)23-18-11-13-20(14-12-18)26-19-9-5-2-6-10-19/h1-14H,15-16H2,(H,23,25). The SMILES string of the molecule is O=C(CCC(=O)c1ccccc1)Nc1ccc(Oc2ccccc2)cc1. The summed E-state index contributed by atoms with van der Waals surface area (Å²) in [5.41, 5.74) is 1.30. The molecule has 0 heterocycles. The summed E-state index contributed by atoms with van der Waals surface area (Å²) in [4.78, 5) is 24.1. The molecule has 0 aliphatic heterocycles. The molecule has 0 aliphatic carbocycles. The number of carbonyl (C=O) groups excluding carboxylic acids is 2. The van der Waals surface area contributed by atoms with E-state index in [4.69, 9.17) is 4.74 Å². The van der Waals surface area contributed by atoms with Gasteiger partial charge in [-0.15, -0.1) is 0 Å². The lowest BCUT2D eigenvalue weighted by Crippen LogP contribution is -2.13. The molecule has 0 saturated heterocycles. The smallest absolute Gasteiger partial charge is 0.224 e. The van der Waals surface area contributed by atoms with Crippen molar-refractivity contribution in [2.75, 3.05) is 5.32 Å². The van der Waals surface area contributed by atoms with Gasteiger partial charge >= 0.3 is 0 Å². The minimum atomic E-state index is -0.189. The Morgan fingerprint density at radius 1 is 0.692 bits per heavy atom. The fourth-order valence-electron chi connectivity index (χ4n) is 2.45. The largest absolute Gasteiger partial charge is 0.457 e. The number of ether oxygens (including phenoxy) is 1. The second kappa shape index (κ2) is 8.62. The average Bonchev–Trinajstić information content (AvgIpc) is 2.69. The number of rotatable bonds is 7. The van der Waals surface area contributed by atoms with Crippen molar-refractivity contribution in [3.63, 3.8) is 0 Å². The Morgan fingerprint density at radius 3 is 1.92 bits per heavy atom. The monoisotopic (exact) mass is 345 g/mol. The van der Waals surface area contributed by atoms with Crippen LogP contribution in [0.1, 0.15) is 23.2 Å². The average molecular weight is 345 g/mol. The predicted octanol–water partition coefficient (Wildman–Crippen LogP) is 5.08. The van der Waals surface area contributed by atoms with Crippen LogP contribution in [-0.2, 0) is 4.79 Å². The molecule has 3 aromatic carbocycles. The number of anilines is 1. The highest BCUT2D eigenvalue weighted by molar-refractivity contribution is 5.99. The summed E-state index contributed by atoms with van der Waals surface area (Å²) in [5.74, 6) is 1.22. The fraction of sp³-hybridized carbons (Fsp3) is 0.0909. The minimum Gasteiger partial charge on any atom is -0.457 e. The molecule has 0 spiro atoms. The van der Waals surface area contributed by atoms with Crippen molar-refractivity contribution in [3.05, 3.63) is 90.5 Å². The summed E-state index contributed by atoms with van der Waals surface area (Å²) < 4.78 is 5.71. The molecule has 0 saturated carbocycles. The lowest BCUT2D eigenvalue weighted by molar-refractivity contribution is -0.116. The van der Waals surface area contributed by atoms with E-state index in [1.165, 1.54) is 0 Å². The highest BCUT2D eigenvalue weighted by Gasteiger charge is 2.09. The molecule has 26 heavy (non-hydrogen) atoms. The van der Waals surface area contributed by atoms with Crippen LogP contribution in [-0.4, -0.2) is 11.7 Å². The Kier molecular flexibility index (Phi) is 5.78. The van der Waals surface area contributed by atoms with E-state index in [1.807, 2.05) is 48.5 Å². The Bertz CT molecular complexity index is 859. The van der Waals surface area contributed by atoms with Gasteiger partial charge in [0, 0.05) is 24.1 Å². The van der Waals surface area contributed by atoms with E-state index in [0.29, 0.717) is 17.0 Å². The molecule has 0 aliphatic rings. The molecule has 3 aromatic rings. The number of Topliss-reactive ketones (excluding diaryl/α,β-unsaturated/α-hetero) is 1. The number of hydrogen-bond donors (Lipinski definition) is 1. The van der Waals surface area contributed by atoms with Crippen LogP contribution in [0.2, 0.25) is 0 Å². The lowest BCUT2D eigenvalue weighted by atomic mass is 10.1. The van der Waals surface area contributed by atoms with Crippen LogP contribution in [0.3, 0.4) is 0 Å². The van der Waals surface area contributed by atoms with E-state index < -0.39 is 0 Å². The van der Waals surface area contributed by atoms with Crippen LogP contribution in [0, 0.1) is 0 Å². The molecule has 0 radical (unpaired) electrons. The number of ketones is 1. The molecule has 4 nitrogen and oxygen atoms in total. The molecule has 0 bridgehead atoms. The van der Waals surface area contributed by atoms with E-state index in [0.717, 1.165) is 5.75 Å². The second-order valence-corrected chi connectivity index (χ2v) is 5.78. The zero-order chi connectivity index (χ0) is 18.2. The van der Waals surface area contributed by atoms with Crippen molar-refractivity contribution in [2.24, 2.45) is 0 Å². The summed E-state index contributed by atoms with van der Waals surface area (Å²) >= 11 is 0. The van der Waals surface area contributed by atoms with E-state index in [2.05, 4.69) is 5.32 Å². The first-order chi connectivity index (χ1) is 12.7. The van der Waals surface area contributed by atoms with Gasteiger partial charge in [-0.2, -0.15) is 0 Å². The molecule has 130 valence electrons. The van der Waals surface area contributed by atoms with Crippen LogP contribution in [0.5, 0.6) is 11.5 Å². The zero-order valence-electron chi connectivity index (χ0n) is 14.2. The first kappa shape index (κ1) is 17.4. The summed E-state index contributed by atoms with van der Waals surface area (Å²) in [6.45, 7) is 0. The maximum absolute atomic E-state index is 12.0. The summed E-state index contributed by atoms with van der Waals surface area (Å²) in [6, 6.07) is 25.6. The predicted molar refractivity (Wildman–Crippen MR) is 102 cm³/mol. The minimum absolute atomic E-state index is 0.0349. The van der Waals surface area contributed by atoms with E-state index in [9.17, 15) is 9.59 Å². The van der Waals surface area contributed by atoms with Crippen molar-refractivity contribution in [1.82, 2.24) is 0 Å². The van der Waals surface area contributed by atoms with Crippen LogP contribution < -0.4 is 10.1 Å². The van der Waals surface area contributed by atoms with E-state index in [-0.39, 0.29) is 24.5 Å². The van der Waals surface area contributed by atoms with Crippen LogP contribution >= 0.6 is 0 Å². The normalized spacial score (nSPS) is 10.2. The van der Waals surface area contributed by atoms with Gasteiger partial charge in [-0.05, 0) is 36.4 Å². The van der Waals surface area contributed by atoms with Crippen LogP contribution in [0.4, 0.5) is 5.69 Å². The van der Waals surface area contributed by atoms with Gasteiger partial charge in [-0.1, -0.05) is 48.5 Å². The number of benzene rings is 3. The Labute approximate surface area is 152 Å². The molecule has 4 heteroatoms. The first-order valence-electron chi connectivity index (χ1n) is 8.42. The summed E-state index contributed by atoms with van der Waals surface area (Å²) in [6.07, 6.45) is 0.334. The molecule has 0 atom stereocenters. The number of carbonyl (C=O) groups is 2. The summed E-state index contributed by atoms with van der Waals surface area (Å²) in [5, 5.41) is 2.79. The van der Waals surface area contributed by atoms with Gasteiger partial charge in [0.2, 0.25) is 5.91 Å².